The number of allylic oxidation sites excluding steroid dienone is 6. The van der Waals surface area contributed by atoms with Gasteiger partial charge in [-0.05, 0) is 83.5 Å². The van der Waals surface area contributed by atoms with E-state index in [9.17, 15) is 19.8 Å². The molecule has 0 rings (SSSR count). The molecule has 0 spiro atoms. The van der Waals surface area contributed by atoms with Crippen LogP contribution in [-0.4, -0.2) is 47.4 Å². The molecule has 0 aromatic carbocycles. The van der Waals surface area contributed by atoms with Gasteiger partial charge in [-0.2, -0.15) is 0 Å². The van der Waals surface area contributed by atoms with Gasteiger partial charge in [0.25, 0.3) is 0 Å². The first-order valence-electron chi connectivity index (χ1n) is 37.7. The van der Waals surface area contributed by atoms with Crippen LogP contribution >= 0.6 is 0 Å². The SMILES string of the molecule is CCCCCCCCC/C=C\CCCCCCCCCC(=O)OCCCCCCCCCCC/C=C\C/C=C\CCCCCCCCCCCCCCCCCC(=O)NC(CO)C(O)CCCCCCCCCCCCCCCCCCC. The van der Waals surface area contributed by atoms with Crippen LogP contribution in [0.1, 0.15) is 418 Å². The number of hydrogen-bond acceptors (Lipinski definition) is 5. The van der Waals surface area contributed by atoms with E-state index in [4.69, 9.17) is 4.74 Å². The van der Waals surface area contributed by atoms with Gasteiger partial charge in [-0.15, -0.1) is 0 Å². The van der Waals surface area contributed by atoms with Crippen LogP contribution in [-0.2, 0) is 14.3 Å². The Labute approximate surface area is 519 Å². The topological polar surface area (TPSA) is 95.9 Å². The maximum absolute atomic E-state index is 12.5. The van der Waals surface area contributed by atoms with Crippen LogP contribution in [0.2, 0.25) is 0 Å². The van der Waals surface area contributed by atoms with Crippen molar-refractivity contribution >= 4 is 11.9 Å². The lowest BCUT2D eigenvalue weighted by atomic mass is 10.0. The normalized spacial score (nSPS) is 12.7. The van der Waals surface area contributed by atoms with E-state index >= 15 is 0 Å². The molecule has 83 heavy (non-hydrogen) atoms. The third kappa shape index (κ3) is 69.1. The number of esters is 1. The zero-order valence-electron chi connectivity index (χ0n) is 56.2. The van der Waals surface area contributed by atoms with Crippen molar-refractivity contribution in [2.45, 2.75) is 431 Å². The van der Waals surface area contributed by atoms with Gasteiger partial charge in [0, 0.05) is 12.8 Å². The van der Waals surface area contributed by atoms with E-state index < -0.39 is 12.1 Å². The zero-order valence-corrected chi connectivity index (χ0v) is 56.2. The van der Waals surface area contributed by atoms with Crippen LogP contribution in [0, 0.1) is 0 Å². The lowest BCUT2D eigenvalue weighted by molar-refractivity contribution is -0.143. The second-order valence-electron chi connectivity index (χ2n) is 26.0. The van der Waals surface area contributed by atoms with Gasteiger partial charge in [-0.25, -0.2) is 0 Å². The molecule has 1 amide bonds. The molecule has 3 N–H and O–H groups in total. The summed E-state index contributed by atoms with van der Waals surface area (Å²) in [6.45, 7) is 4.98. The fourth-order valence-electron chi connectivity index (χ4n) is 11.9. The molecule has 0 aliphatic carbocycles. The highest BCUT2D eigenvalue weighted by molar-refractivity contribution is 5.76. The van der Waals surface area contributed by atoms with Crippen molar-refractivity contribution < 1.29 is 24.5 Å². The van der Waals surface area contributed by atoms with Gasteiger partial charge < -0.3 is 20.3 Å². The number of amides is 1. The summed E-state index contributed by atoms with van der Waals surface area (Å²) in [6.07, 6.45) is 93.6. The molecular weight excluding hydrogens is 1020 g/mol. The fourth-order valence-corrected chi connectivity index (χ4v) is 11.9. The van der Waals surface area contributed by atoms with Crippen LogP contribution in [0.3, 0.4) is 0 Å². The highest BCUT2D eigenvalue weighted by Gasteiger charge is 2.20. The Morgan fingerprint density at radius 3 is 0.928 bits per heavy atom. The predicted molar refractivity (Wildman–Crippen MR) is 366 cm³/mol. The Bertz CT molecular complexity index is 1340. The molecule has 0 aliphatic heterocycles. The third-order valence-electron chi connectivity index (χ3n) is 17.7. The van der Waals surface area contributed by atoms with Crippen molar-refractivity contribution in [2.24, 2.45) is 0 Å². The van der Waals surface area contributed by atoms with Crippen LogP contribution in [0.5, 0.6) is 0 Å². The Morgan fingerprint density at radius 2 is 0.602 bits per heavy atom. The summed E-state index contributed by atoms with van der Waals surface area (Å²) in [4.78, 5) is 24.6. The first kappa shape index (κ1) is 81.1. The van der Waals surface area contributed by atoms with E-state index in [2.05, 4.69) is 55.6 Å². The average Bonchev–Trinajstić information content (AvgIpc) is 3.48. The monoisotopic (exact) mass is 1170 g/mol. The van der Waals surface area contributed by atoms with Crippen LogP contribution < -0.4 is 5.32 Å². The molecule has 6 heteroatoms. The molecule has 6 nitrogen and oxygen atoms in total. The minimum atomic E-state index is -0.664. The molecule has 0 heterocycles. The van der Waals surface area contributed by atoms with Crippen molar-refractivity contribution in [2.75, 3.05) is 13.2 Å². The van der Waals surface area contributed by atoms with E-state index in [1.54, 1.807) is 0 Å². The third-order valence-corrected chi connectivity index (χ3v) is 17.7. The summed E-state index contributed by atoms with van der Waals surface area (Å²) >= 11 is 0. The highest BCUT2D eigenvalue weighted by Crippen LogP contribution is 2.19. The Kier molecular flexibility index (Phi) is 70.9. The van der Waals surface area contributed by atoms with Gasteiger partial charge >= 0.3 is 5.97 Å². The quantitative estimate of drug-likeness (QED) is 0.0320. The lowest BCUT2D eigenvalue weighted by Crippen LogP contribution is -2.45. The molecule has 0 fully saturated rings. The summed E-state index contributed by atoms with van der Waals surface area (Å²) in [5.74, 6) is -0.0199. The Morgan fingerprint density at radius 1 is 0.337 bits per heavy atom. The van der Waals surface area contributed by atoms with Gasteiger partial charge in [-0.1, -0.05) is 359 Å². The molecule has 0 aliphatic rings. The van der Waals surface area contributed by atoms with Crippen molar-refractivity contribution in [1.82, 2.24) is 5.32 Å². The number of aliphatic hydroxyl groups excluding tert-OH is 2. The smallest absolute Gasteiger partial charge is 0.305 e. The molecule has 0 saturated heterocycles. The van der Waals surface area contributed by atoms with E-state index in [1.807, 2.05) is 0 Å². The second kappa shape index (κ2) is 72.6. The summed E-state index contributed by atoms with van der Waals surface area (Å²) in [6, 6.07) is -0.542. The Hall–Kier alpha value is -1.92. The predicted octanol–water partition coefficient (Wildman–Crippen LogP) is 24.7. The first-order valence-corrected chi connectivity index (χ1v) is 37.7. The number of ether oxygens (including phenoxy) is 1. The summed E-state index contributed by atoms with van der Waals surface area (Å²) < 4.78 is 5.50. The number of carbonyl (C=O) groups excluding carboxylic acids is 2. The maximum Gasteiger partial charge on any atom is 0.305 e. The Balaban J connectivity index is 3.38. The van der Waals surface area contributed by atoms with Gasteiger partial charge in [0.2, 0.25) is 5.91 Å². The highest BCUT2D eigenvalue weighted by atomic mass is 16.5. The second-order valence-corrected chi connectivity index (χ2v) is 26.0. The number of carbonyl (C=O) groups is 2. The molecule has 0 radical (unpaired) electrons. The van der Waals surface area contributed by atoms with E-state index in [1.165, 1.54) is 334 Å². The van der Waals surface area contributed by atoms with Gasteiger partial charge in [0.1, 0.15) is 0 Å². The number of aliphatic hydroxyl groups is 2. The fraction of sp³-hybridized carbons (Fsp3) is 0.896. The average molecular weight is 1170 g/mol. The van der Waals surface area contributed by atoms with Crippen molar-refractivity contribution in [3.05, 3.63) is 36.5 Å². The van der Waals surface area contributed by atoms with Gasteiger partial charge in [-0.3, -0.25) is 9.59 Å². The number of rotatable bonds is 71. The minimum Gasteiger partial charge on any atom is -0.466 e. The molecular formula is C77H147NO5. The molecule has 2 unspecified atom stereocenters. The zero-order chi connectivity index (χ0) is 59.9. The minimum absolute atomic E-state index is 0.0109. The number of nitrogens with one attached hydrogen (secondary N) is 1. The van der Waals surface area contributed by atoms with E-state index in [-0.39, 0.29) is 18.5 Å². The lowest BCUT2D eigenvalue weighted by Gasteiger charge is -2.22. The van der Waals surface area contributed by atoms with Gasteiger partial charge in [0.15, 0.2) is 0 Å². The van der Waals surface area contributed by atoms with Gasteiger partial charge in [0.05, 0.1) is 25.4 Å². The van der Waals surface area contributed by atoms with Crippen LogP contribution in [0.25, 0.3) is 0 Å². The largest absolute Gasteiger partial charge is 0.466 e. The van der Waals surface area contributed by atoms with Crippen molar-refractivity contribution in [1.29, 1.82) is 0 Å². The maximum atomic E-state index is 12.5. The van der Waals surface area contributed by atoms with Crippen LogP contribution in [0.15, 0.2) is 36.5 Å². The van der Waals surface area contributed by atoms with Crippen LogP contribution in [0.4, 0.5) is 0 Å². The molecule has 490 valence electrons. The summed E-state index contributed by atoms with van der Waals surface area (Å²) in [5.41, 5.74) is 0. The van der Waals surface area contributed by atoms with Crippen molar-refractivity contribution in [3.63, 3.8) is 0 Å². The number of unbranched alkanes of at least 4 members (excludes halogenated alkanes) is 54. The summed E-state index contributed by atoms with van der Waals surface area (Å²) in [5, 5.41) is 23.4. The van der Waals surface area contributed by atoms with E-state index in [0.717, 1.165) is 51.4 Å². The molecule has 0 bridgehead atoms. The number of hydrogen-bond donors (Lipinski definition) is 3. The molecule has 2 atom stereocenters. The molecule has 0 saturated carbocycles. The van der Waals surface area contributed by atoms with E-state index in [0.29, 0.717) is 25.9 Å². The standard InChI is InChI=1S/C77H147NO5/c1-3-5-7-9-11-13-15-17-19-21-39-43-47-51-55-59-63-67-71-77(82)83-72-68-64-60-56-52-48-44-40-36-34-32-30-28-26-24-22-23-25-27-29-31-33-35-38-42-46-50-54-58-62-66-70-76(81)78-74(73-79)75(80)69-65-61-57-53-49-45-41-37-20-18-16-14-12-10-8-6-4-2/h19,21,24,26,30,32,74-75,79-80H,3-18,20,22-23,25,27-29,31,33-73H2,1-2H3,(H,78,81)/b21-19-,26-24-,32-30-. The first-order chi connectivity index (χ1) is 41.0. The molecule has 0 aromatic heterocycles. The summed E-state index contributed by atoms with van der Waals surface area (Å²) in [7, 11) is 0. The molecule has 0 aromatic rings. The van der Waals surface area contributed by atoms with Crippen molar-refractivity contribution in [3.8, 4) is 0 Å².